The van der Waals surface area contributed by atoms with Gasteiger partial charge in [0.1, 0.15) is 11.6 Å². The van der Waals surface area contributed by atoms with Crippen LogP contribution in [-0.2, 0) is 0 Å². The van der Waals surface area contributed by atoms with Crippen LogP contribution in [0, 0.1) is 5.82 Å². The molecule has 0 amide bonds. The van der Waals surface area contributed by atoms with Crippen molar-refractivity contribution in [1.29, 1.82) is 0 Å². The number of nitrogen functional groups attached to an aromatic ring is 1. The van der Waals surface area contributed by atoms with Crippen LogP contribution < -0.4 is 10.5 Å². The summed E-state index contributed by atoms with van der Waals surface area (Å²) in [5.74, 6) is 0.587. The summed E-state index contributed by atoms with van der Waals surface area (Å²) in [6.45, 7) is 3.74. The van der Waals surface area contributed by atoms with Crippen molar-refractivity contribution in [3.05, 3.63) is 24.0 Å². The number of aromatic amines is 1. The van der Waals surface area contributed by atoms with E-state index in [0.29, 0.717) is 17.1 Å². The summed E-state index contributed by atoms with van der Waals surface area (Å²) in [5.41, 5.74) is 5.94. The van der Waals surface area contributed by atoms with Gasteiger partial charge in [-0.15, -0.1) is 5.10 Å². The van der Waals surface area contributed by atoms with Gasteiger partial charge in [-0.25, -0.2) is 4.39 Å². The second-order valence-electron chi connectivity index (χ2n) is 3.88. The molecule has 0 radical (unpaired) electrons. The number of benzene rings is 1. The molecular formula is C11H13FN4O. The molecule has 0 aliphatic heterocycles. The smallest absolute Gasteiger partial charge is 0.239 e. The van der Waals surface area contributed by atoms with Gasteiger partial charge in [0.25, 0.3) is 0 Å². The number of halogens is 1. The lowest BCUT2D eigenvalue weighted by molar-refractivity contribution is 0.241. The first-order chi connectivity index (χ1) is 8.04. The molecule has 1 aromatic carbocycles. The average Bonchev–Trinajstić information content (AvgIpc) is 2.62. The van der Waals surface area contributed by atoms with Crippen LogP contribution in [-0.4, -0.2) is 21.3 Å². The number of nitrogens with zero attached hydrogens (tertiary/aromatic N) is 2. The number of hydrogen-bond acceptors (Lipinski definition) is 4. The van der Waals surface area contributed by atoms with E-state index in [1.54, 1.807) is 6.07 Å². The maximum atomic E-state index is 13.4. The molecule has 17 heavy (non-hydrogen) atoms. The first-order valence-corrected chi connectivity index (χ1v) is 5.20. The second-order valence-corrected chi connectivity index (χ2v) is 3.88. The van der Waals surface area contributed by atoms with Crippen LogP contribution in [0.4, 0.5) is 10.3 Å². The molecule has 90 valence electrons. The quantitative estimate of drug-likeness (QED) is 0.854. The van der Waals surface area contributed by atoms with Gasteiger partial charge < -0.3 is 10.5 Å². The monoisotopic (exact) mass is 236 g/mol. The maximum Gasteiger partial charge on any atom is 0.239 e. The number of anilines is 1. The summed E-state index contributed by atoms with van der Waals surface area (Å²) in [6, 6.07) is 4.35. The number of nitrogens with two attached hydrogens (primary N) is 1. The van der Waals surface area contributed by atoms with Crippen LogP contribution in [0.1, 0.15) is 13.8 Å². The van der Waals surface area contributed by atoms with Crippen molar-refractivity contribution in [2.45, 2.75) is 20.0 Å². The largest absolute Gasteiger partial charge is 0.491 e. The van der Waals surface area contributed by atoms with Crippen molar-refractivity contribution in [2.75, 3.05) is 5.73 Å². The standard InChI is InChI=1S/C11H13FN4O/c1-6(2)17-9-4-7(3-8(12)5-9)10-14-11(13)16-15-10/h3-6H,1-2H3,(H3,13,14,15,16). The van der Waals surface area contributed by atoms with E-state index in [4.69, 9.17) is 10.5 Å². The first-order valence-electron chi connectivity index (χ1n) is 5.20. The Hall–Kier alpha value is -2.11. The van der Waals surface area contributed by atoms with Gasteiger partial charge in [-0.2, -0.15) is 4.98 Å². The van der Waals surface area contributed by atoms with E-state index in [0.717, 1.165) is 0 Å². The molecule has 2 rings (SSSR count). The Labute approximate surface area is 97.8 Å². The molecule has 0 aliphatic carbocycles. The normalized spacial score (nSPS) is 10.8. The summed E-state index contributed by atoms with van der Waals surface area (Å²) in [6.07, 6.45) is -0.0237. The Morgan fingerprint density at radius 2 is 2.12 bits per heavy atom. The zero-order valence-electron chi connectivity index (χ0n) is 9.57. The van der Waals surface area contributed by atoms with E-state index in [-0.39, 0.29) is 12.1 Å². The fourth-order valence-electron chi connectivity index (χ4n) is 1.44. The Morgan fingerprint density at radius 1 is 1.35 bits per heavy atom. The lowest BCUT2D eigenvalue weighted by Gasteiger charge is -2.10. The minimum absolute atomic E-state index is 0.0237. The van der Waals surface area contributed by atoms with E-state index in [2.05, 4.69) is 15.2 Å². The number of hydrogen-bond donors (Lipinski definition) is 2. The molecule has 0 fully saturated rings. The van der Waals surface area contributed by atoms with Crippen LogP contribution >= 0.6 is 0 Å². The van der Waals surface area contributed by atoms with E-state index < -0.39 is 5.82 Å². The minimum Gasteiger partial charge on any atom is -0.491 e. The van der Waals surface area contributed by atoms with E-state index in [9.17, 15) is 4.39 Å². The van der Waals surface area contributed by atoms with Gasteiger partial charge in [0.15, 0.2) is 5.82 Å². The molecular weight excluding hydrogens is 223 g/mol. The molecule has 3 N–H and O–H groups in total. The van der Waals surface area contributed by atoms with Gasteiger partial charge in [0.05, 0.1) is 6.10 Å². The highest BCUT2D eigenvalue weighted by molar-refractivity contribution is 5.58. The lowest BCUT2D eigenvalue weighted by atomic mass is 10.2. The number of nitrogens with one attached hydrogen (secondary N) is 1. The zero-order valence-corrected chi connectivity index (χ0v) is 9.57. The highest BCUT2D eigenvalue weighted by atomic mass is 19.1. The molecule has 2 aromatic rings. The Bertz CT molecular complexity index is 524. The summed E-state index contributed by atoms with van der Waals surface area (Å²) in [4.78, 5) is 3.93. The predicted molar refractivity (Wildman–Crippen MR) is 62.0 cm³/mol. The van der Waals surface area contributed by atoms with Crippen molar-refractivity contribution >= 4 is 5.95 Å². The van der Waals surface area contributed by atoms with Gasteiger partial charge in [0.2, 0.25) is 5.95 Å². The summed E-state index contributed by atoms with van der Waals surface area (Å²) in [7, 11) is 0. The molecule has 0 saturated carbocycles. The van der Waals surface area contributed by atoms with Crippen molar-refractivity contribution < 1.29 is 9.13 Å². The lowest BCUT2D eigenvalue weighted by Crippen LogP contribution is -2.05. The third kappa shape index (κ3) is 2.72. The SMILES string of the molecule is CC(C)Oc1cc(F)cc(-c2nc(N)n[nH]2)c1. The predicted octanol–water partition coefficient (Wildman–Crippen LogP) is 1.98. The molecule has 0 unspecified atom stereocenters. The Balaban J connectivity index is 2.37. The number of ether oxygens (including phenoxy) is 1. The minimum atomic E-state index is -0.395. The van der Waals surface area contributed by atoms with Gasteiger partial charge in [0, 0.05) is 11.6 Å². The molecule has 1 heterocycles. The molecule has 1 aromatic heterocycles. The van der Waals surface area contributed by atoms with Gasteiger partial charge in [-0.05, 0) is 26.0 Å². The highest BCUT2D eigenvalue weighted by Gasteiger charge is 2.08. The molecule has 0 bridgehead atoms. The summed E-state index contributed by atoms with van der Waals surface area (Å²) >= 11 is 0. The van der Waals surface area contributed by atoms with Crippen molar-refractivity contribution in [3.8, 4) is 17.1 Å². The fourth-order valence-corrected chi connectivity index (χ4v) is 1.44. The number of aromatic nitrogens is 3. The third-order valence-electron chi connectivity index (χ3n) is 2.02. The topological polar surface area (TPSA) is 76.8 Å². The van der Waals surface area contributed by atoms with Gasteiger partial charge in [-0.1, -0.05) is 0 Å². The fraction of sp³-hybridized carbons (Fsp3) is 0.273. The first kappa shape index (κ1) is 11.4. The van der Waals surface area contributed by atoms with Crippen molar-refractivity contribution in [1.82, 2.24) is 15.2 Å². The Morgan fingerprint density at radius 3 is 2.71 bits per heavy atom. The molecule has 5 nitrogen and oxygen atoms in total. The van der Waals surface area contributed by atoms with Crippen LogP contribution in [0.2, 0.25) is 0 Å². The van der Waals surface area contributed by atoms with Crippen LogP contribution in [0.25, 0.3) is 11.4 Å². The van der Waals surface area contributed by atoms with Crippen LogP contribution in [0.5, 0.6) is 5.75 Å². The Kier molecular flexibility index (Phi) is 2.95. The molecule has 6 heteroatoms. The average molecular weight is 236 g/mol. The number of rotatable bonds is 3. The van der Waals surface area contributed by atoms with E-state index in [1.807, 2.05) is 13.8 Å². The molecule has 0 saturated heterocycles. The second kappa shape index (κ2) is 4.40. The maximum absolute atomic E-state index is 13.4. The molecule has 0 aliphatic rings. The molecule has 0 spiro atoms. The highest BCUT2D eigenvalue weighted by Crippen LogP contribution is 2.24. The van der Waals surface area contributed by atoms with Crippen molar-refractivity contribution in [2.24, 2.45) is 0 Å². The van der Waals surface area contributed by atoms with Crippen LogP contribution in [0.15, 0.2) is 18.2 Å². The zero-order chi connectivity index (χ0) is 12.4. The van der Waals surface area contributed by atoms with E-state index in [1.165, 1.54) is 12.1 Å². The number of H-pyrrole nitrogens is 1. The summed E-state index contributed by atoms with van der Waals surface area (Å²) < 4.78 is 18.8. The summed E-state index contributed by atoms with van der Waals surface area (Å²) in [5, 5.41) is 6.31. The third-order valence-corrected chi connectivity index (χ3v) is 2.02. The van der Waals surface area contributed by atoms with Gasteiger partial charge >= 0.3 is 0 Å². The molecule has 0 atom stereocenters. The van der Waals surface area contributed by atoms with E-state index >= 15 is 0 Å². The van der Waals surface area contributed by atoms with Crippen molar-refractivity contribution in [3.63, 3.8) is 0 Å². The van der Waals surface area contributed by atoms with Gasteiger partial charge in [-0.3, -0.25) is 5.10 Å². The van der Waals surface area contributed by atoms with Crippen LogP contribution in [0.3, 0.4) is 0 Å².